The van der Waals surface area contributed by atoms with Crippen LogP contribution in [0.4, 0.5) is 5.69 Å². The molecule has 0 bridgehead atoms. The predicted octanol–water partition coefficient (Wildman–Crippen LogP) is 1.43. The highest BCUT2D eigenvalue weighted by Crippen LogP contribution is 2.11. The van der Waals surface area contributed by atoms with Crippen LogP contribution in [0.2, 0.25) is 0 Å². The highest BCUT2D eigenvalue weighted by molar-refractivity contribution is 5.93. The molecule has 6 nitrogen and oxygen atoms in total. The maximum absolute atomic E-state index is 11.9. The first-order chi connectivity index (χ1) is 9.25. The minimum Gasteiger partial charge on any atom is -0.452 e. The fraction of sp³-hybridized carbons (Fsp3) is 0.500. The molecule has 1 rings (SSSR count). The summed E-state index contributed by atoms with van der Waals surface area (Å²) in [6.45, 7) is 7.12. The number of nitrogens with zero attached hydrogens (tertiary/aromatic N) is 1. The van der Waals surface area contributed by atoms with E-state index in [2.05, 4.69) is 10.3 Å². The summed E-state index contributed by atoms with van der Waals surface area (Å²) in [5.74, 6) is -0.938. The Hall–Kier alpha value is -2.11. The predicted molar refractivity (Wildman–Crippen MR) is 76.2 cm³/mol. The van der Waals surface area contributed by atoms with Crippen LogP contribution in [0.15, 0.2) is 12.3 Å². The smallest absolute Gasteiger partial charge is 0.340 e. The minimum absolute atomic E-state index is 0.271. The second-order valence-electron chi connectivity index (χ2n) is 5.26. The van der Waals surface area contributed by atoms with Gasteiger partial charge in [-0.3, -0.25) is 9.78 Å². The Bertz CT molecular complexity index is 512. The lowest BCUT2D eigenvalue weighted by Gasteiger charge is -2.24. The molecule has 1 amide bonds. The number of rotatable bonds is 5. The van der Waals surface area contributed by atoms with E-state index in [-0.39, 0.29) is 23.6 Å². The molecule has 0 aliphatic rings. The van der Waals surface area contributed by atoms with Crippen LogP contribution in [-0.4, -0.2) is 29.0 Å². The van der Waals surface area contributed by atoms with Gasteiger partial charge in [0.1, 0.15) is 0 Å². The zero-order valence-corrected chi connectivity index (χ0v) is 12.3. The first-order valence-electron chi connectivity index (χ1n) is 6.45. The molecule has 0 aliphatic carbocycles. The lowest BCUT2D eigenvalue weighted by Crippen LogP contribution is -2.44. The zero-order chi connectivity index (χ0) is 15.3. The van der Waals surface area contributed by atoms with Crippen LogP contribution in [0.3, 0.4) is 0 Å². The van der Waals surface area contributed by atoms with Gasteiger partial charge in [0.2, 0.25) is 0 Å². The maximum Gasteiger partial charge on any atom is 0.340 e. The van der Waals surface area contributed by atoms with E-state index in [0.29, 0.717) is 11.4 Å². The third kappa shape index (κ3) is 4.53. The van der Waals surface area contributed by atoms with Crippen molar-refractivity contribution in [1.29, 1.82) is 0 Å². The largest absolute Gasteiger partial charge is 0.452 e. The number of anilines is 1. The molecule has 0 radical (unpaired) electrons. The molecule has 1 aromatic heterocycles. The van der Waals surface area contributed by atoms with Crippen LogP contribution in [0.25, 0.3) is 0 Å². The lowest BCUT2D eigenvalue weighted by atomic mass is 10.0. The molecule has 0 unspecified atom stereocenters. The molecule has 0 aliphatic heterocycles. The number of pyridine rings is 1. The van der Waals surface area contributed by atoms with Crippen molar-refractivity contribution in [3.05, 3.63) is 23.5 Å². The van der Waals surface area contributed by atoms with Crippen LogP contribution < -0.4 is 11.1 Å². The number of esters is 1. The number of carbonyl (C=O) groups is 2. The number of nitrogen functional groups attached to an aromatic ring is 1. The van der Waals surface area contributed by atoms with Gasteiger partial charge in [-0.15, -0.1) is 0 Å². The summed E-state index contributed by atoms with van der Waals surface area (Å²) in [7, 11) is 0. The number of aromatic nitrogens is 1. The van der Waals surface area contributed by atoms with Gasteiger partial charge in [-0.1, -0.05) is 6.92 Å². The van der Waals surface area contributed by atoms with Gasteiger partial charge in [0.15, 0.2) is 6.61 Å². The van der Waals surface area contributed by atoms with Crippen LogP contribution in [0, 0.1) is 6.92 Å². The van der Waals surface area contributed by atoms with E-state index in [1.54, 1.807) is 6.92 Å². The van der Waals surface area contributed by atoms with Gasteiger partial charge < -0.3 is 15.8 Å². The average molecular weight is 279 g/mol. The van der Waals surface area contributed by atoms with Gasteiger partial charge in [0.25, 0.3) is 5.91 Å². The Morgan fingerprint density at radius 1 is 1.45 bits per heavy atom. The Kier molecular flexibility index (Phi) is 5.07. The van der Waals surface area contributed by atoms with E-state index in [0.717, 1.165) is 6.42 Å². The molecular weight excluding hydrogens is 258 g/mol. The van der Waals surface area contributed by atoms with Crippen molar-refractivity contribution in [2.45, 2.75) is 39.7 Å². The second-order valence-corrected chi connectivity index (χ2v) is 5.26. The van der Waals surface area contributed by atoms with Crippen molar-refractivity contribution >= 4 is 17.6 Å². The molecule has 0 spiro atoms. The fourth-order valence-electron chi connectivity index (χ4n) is 1.47. The van der Waals surface area contributed by atoms with Crippen LogP contribution in [0.1, 0.15) is 43.2 Å². The molecule has 20 heavy (non-hydrogen) atoms. The van der Waals surface area contributed by atoms with Crippen LogP contribution in [0.5, 0.6) is 0 Å². The van der Waals surface area contributed by atoms with Crippen molar-refractivity contribution < 1.29 is 14.3 Å². The molecule has 0 aromatic carbocycles. The highest BCUT2D eigenvalue weighted by atomic mass is 16.5. The van der Waals surface area contributed by atoms with Crippen LogP contribution in [-0.2, 0) is 9.53 Å². The lowest BCUT2D eigenvalue weighted by molar-refractivity contribution is -0.125. The molecule has 3 N–H and O–H groups in total. The molecule has 6 heteroatoms. The van der Waals surface area contributed by atoms with Crippen molar-refractivity contribution in [3.63, 3.8) is 0 Å². The molecule has 1 heterocycles. The average Bonchev–Trinajstić information content (AvgIpc) is 2.38. The van der Waals surface area contributed by atoms with E-state index in [4.69, 9.17) is 10.5 Å². The summed E-state index contributed by atoms with van der Waals surface area (Å²) in [6, 6.07) is 1.48. The number of hydrogen-bond donors (Lipinski definition) is 2. The summed E-state index contributed by atoms with van der Waals surface area (Å²) in [5.41, 5.74) is 6.41. The van der Waals surface area contributed by atoms with E-state index >= 15 is 0 Å². The normalized spacial score (nSPS) is 11.0. The van der Waals surface area contributed by atoms with Gasteiger partial charge in [-0.05, 0) is 33.3 Å². The molecule has 0 saturated carbocycles. The van der Waals surface area contributed by atoms with E-state index < -0.39 is 5.97 Å². The Balaban J connectivity index is 2.60. The number of aryl methyl sites for hydroxylation is 1. The number of hydrogen-bond acceptors (Lipinski definition) is 5. The minimum atomic E-state index is -0.605. The third-order valence-corrected chi connectivity index (χ3v) is 3.02. The molecule has 0 saturated heterocycles. The van der Waals surface area contributed by atoms with Gasteiger partial charge >= 0.3 is 5.97 Å². The van der Waals surface area contributed by atoms with Crippen molar-refractivity contribution in [2.24, 2.45) is 0 Å². The highest BCUT2D eigenvalue weighted by Gasteiger charge is 2.19. The summed E-state index contributed by atoms with van der Waals surface area (Å²) >= 11 is 0. The van der Waals surface area contributed by atoms with E-state index in [9.17, 15) is 9.59 Å². The molecule has 0 atom stereocenters. The monoisotopic (exact) mass is 279 g/mol. The Morgan fingerprint density at radius 3 is 2.70 bits per heavy atom. The quantitative estimate of drug-likeness (QED) is 0.795. The SMILES string of the molecule is CCC(C)(C)NC(=O)COC(=O)c1cc(N)cnc1C. The van der Waals surface area contributed by atoms with Crippen molar-refractivity contribution in [1.82, 2.24) is 10.3 Å². The number of amides is 1. The fourth-order valence-corrected chi connectivity index (χ4v) is 1.47. The number of carbonyl (C=O) groups excluding carboxylic acids is 2. The summed E-state index contributed by atoms with van der Waals surface area (Å²) in [6.07, 6.45) is 2.24. The number of nitrogens with one attached hydrogen (secondary N) is 1. The van der Waals surface area contributed by atoms with Gasteiger partial charge in [0, 0.05) is 5.54 Å². The molecule has 0 fully saturated rings. The Labute approximate surface area is 118 Å². The standard InChI is InChI=1S/C14H21N3O3/c1-5-14(3,4)17-12(18)8-20-13(19)11-6-10(15)7-16-9(11)2/h6-7H,5,8,15H2,1-4H3,(H,17,18). The second kappa shape index (κ2) is 6.36. The van der Waals surface area contributed by atoms with Crippen molar-refractivity contribution in [2.75, 3.05) is 12.3 Å². The maximum atomic E-state index is 11.9. The van der Waals surface area contributed by atoms with E-state index in [1.807, 2.05) is 20.8 Å². The molecule has 1 aromatic rings. The third-order valence-electron chi connectivity index (χ3n) is 3.02. The topological polar surface area (TPSA) is 94.3 Å². The number of ether oxygens (including phenoxy) is 1. The summed E-state index contributed by atoms with van der Waals surface area (Å²) in [4.78, 5) is 27.5. The van der Waals surface area contributed by atoms with Crippen molar-refractivity contribution in [3.8, 4) is 0 Å². The summed E-state index contributed by atoms with van der Waals surface area (Å²) < 4.78 is 4.97. The van der Waals surface area contributed by atoms with E-state index in [1.165, 1.54) is 12.3 Å². The van der Waals surface area contributed by atoms with Gasteiger partial charge in [-0.2, -0.15) is 0 Å². The van der Waals surface area contributed by atoms with Gasteiger partial charge in [0.05, 0.1) is 23.1 Å². The van der Waals surface area contributed by atoms with Gasteiger partial charge in [-0.25, -0.2) is 4.79 Å². The number of nitrogens with two attached hydrogens (primary N) is 1. The molecule has 110 valence electrons. The first-order valence-corrected chi connectivity index (χ1v) is 6.45. The summed E-state index contributed by atoms with van der Waals surface area (Å²) in [5, 5.41) is 2.78. The Morgan fingerprint density at radius 2 is 2.10 bits per heavy atom. The zero-order valence-electron chi connectivity index (χ0n) is 12.3. The molecular formula is C14H21N3O3. The van der Waals surface area contributed by atoms with Crippen LogP contribution >= 0.6 is 0 Å². The first kappa shape index (κ1) is 15.9.